The molecule has 0 saturated heterocycles. The summed E-state index contributed by atoms with van der Waals surface area (Å²) in [4.78, 5) is 4.24. The summed E-state index contributed by atoms with van der Waals surface area (Å²) in [6.45, 7) is 1.85. The average Bonchev–Trinajstić information content (AvgIpc) is 2.76. The lowest BCUT2D eigenvalue weighted by Crippen LogP contribution is -2.09. The van der Waals surface area contributed by atoms with Gasteiger partial charge in [0, 0.05) is 33.8 Å². The number of rotatable bonds is 5. The van der Waals surface area contributed by atoms with Crippen LogP contribution in [-0.4, -0.2) is 23.0 Å². The number of aromatic nitrogens is 1. The molecule has 5 nitrogen and oxygen atoms in total. The van der Waals surface area contributed by atoms with Gasteiger partial charge in [0.25, 0.3) is 0 Å². The van der Waals surface area contributed by atoms with E-state index in [4.69, 9.17) is 4.74 Å². The van der Waals surface area contributed by atoms with E-state index in [1.165, 1.54) is 6.07 Å². The van der Waals surface area contributed by atoms with Crippen LogP contribution in [0.5, 0.6) is 5.75 Å². The third-order valence-electron chi connectivity index (χ3n) is 4.96. The van der Waals surface area contributed by atoms with Gasteiger partial charge in [-0.2, -0.15) is 0 Å². The molecule has 1 aromatic heterocycles. The van der Waals surface area contributed by atoms with E-state index < -0.39 is 5.82 Å². The second-order valence-electron chi connectivity index (χ2n) is 6.86. The topological polar surface area (TPSA) is 66.7 Å². The summed E-state index contributed by atoms with van der Waals surface area (Å²) in [6.07, 6.45) is 3.49. The largest absolute Gasteiger partial charge is 0.497 e. The molecular weight excluding hydrogens is 381 g/mol. The Morgan fingerprint density at radius 2 is 1.83 bits per heavy atom. The van der Waals surface area contributed by atoms with E-state index in [1.54, 1.807) is 43.8 Å². The highest BCUT2D eigenvalue weighted by atomic mass is 19.1. The summed E-state index contributed by atoms with van der Waals surface area (Å²) < 4.78 is 20.2. The van der Waals surface area contributed by atoms with E-state index in [9.17, 15) is 9.60 Å². The predicted molar refractivity (Wildman–Crippen MR) is 117 cm³/mol. The summed E-state index contributed by atoms with van der Waals surface area (Å²) in [5, 5.41) is 18.2. The smallest absolute Gasteiger partial charge is 0.134 e. The zero-order chi connectivity index (χ0) is 21.1. The van der Waals surface area contributed by atoms with Crippen molar-refractivity contribution < 1.29 is 14.3 Å². The maximum Gasteiger partial charge on any atom is 0.134 e. The Morgan fingerprint density at radius 1 is 1.03 bits per heavy atom. The molecule has 3 aromatic carbocycles. The number of methoxy groups -OCH3 is 1. The second-order valence-corrected chi connectivity index (χ2v) is 6.86. The van der Waals surface area contributed by atoms with Gasteiger partial charge in [0.1, 0.15) is 17.3 Å². The lowest BCUT2D eigenvalue weighted by molar-refractivity contribution is 0.319. The molecule has 0 fully saturated rings. The number of benzene rings is 3. The standard InChI is InChI=1S/C24H20FN3O2/c1-15-11-18(30-2)8-10-19(15)24(28-29)21-9-7-17(12-22(21)25)27-23-14-26-13-16-5-3-4-6-20(16)23/h3-14,27,29H,1-2H3. The minimum atomic E-state index is -0.504. The van der Waals surface area contributed by atoms with Crippen molar-refractivity contribution >= 4 is 27.9 Å². The van der Waals surface area contributed by atoms with Crippen LogP contribution in [0.4, 0.5) is 15.8 Å². The number of nitrogens with zero attached hydrogens (tertiary/aromatic N) is 2. The zero-order valence-electron chi connectivity index (χ0n) is 16.6. The van der Waals surface area contributed by atoms with Crippen LogP contribution < -0.4 is 10.1 Å². The lowest BCUT2D eigenvalue weighted by atomic mass is 9.97. The second kappa shape index (κ2) is 8.21. The number of halogens is 1. The Hall–Kier alpha value is -3.93. The molecule has 30 heavy (non-hydrogen) atoms. The zero-order valence-corrected chi connectivity index (χ0v) is 16.6. The first-order chi connectivity index (χ1) is 14.6. The summed E-state index contributed by atoms with van der Waals surface area (Å²) in [7, 11) is 1.58. The highest BCUT2D eigenvalue weighted by molar-refractivity contribution is 6.13. The van der Waals surface area contributed by atoms with Crippen LogP contribution in [0.1, 0.15) is 16.7 Å². The van der Waals surface area contributed by atoms with Gasteiger partial charge in [-0.1, -0.05) is 29.4 Å². The van der Waals surface area contributed by atoms with Gasteiger partial charge in [0.2, 0.25) is 0 Å². The first kappa shape index (κ1) is 19.4. The van der Waals surface area contributed by atoms with Gasteiger partial charge >= 0.3 is 0 Å². The minimum Gasteiger partial charge on any atom is -0.497 e. The first-order valence-corrected chi connectivity index (χ1v) is 9.37. The first-order valence-electron chi connectivity index (χ1n) is 9.37. The van der Waals surface area contributed by atoms with Crippen molar-refractivity contribution in [3.8, 4) is 5.75 Å². The van der Waals surface area contributed by atoms with Crippen molar-refractivity contribution in [2.45, 2.75) is 6.92 Å². The van der Waals surface area contributed by atoms with Gasteiger partial charge < -0.3 is 15.3 Å². The maximum absolute atomic E-state index is 15.0. The Kier molecular flexibility index (Phi) is 5.30. The van der Waals surface area contributed by atoms with Gasteiger partial charge in [-0.3, -0.25) is 4.98 Å². The van der Waals surface area contributed by atoms with Gasteiger partial charge in [-0.15, -0.1) is 0 Å². The van der Waals surface area contributed by atoms with Crippen molar-refractivity contribution in [1.82, 2.24) is 4.98 Å². The third-order valence-corrected chi connectivity index (χ3v) is 4.96. The molecule has 0 aliphatic heterocycles. The molecule has 2 N–H and O–H groups in total. The van der Waals surface area contributed by atoms with E-state index in [1.807, 2.05) is 37.3 Å². The monoisotopic (exact) mass is 401 g/mol. The molecule has 0 saturated carbocycles. The molecule has 0 spiro atoms. The Morgan fingerprint density at radius 3 is 2.57 bits per heavy atom. The minimum absolute atomic E-state index is 0.158. The molecule has 0 amide bonds. The number of ether oxygens (including phenoxy) is 1. The molecular formula is C24H20FN3O2. The number of pyridine rings is 1. The number of hydrogen-bond acceptors (Lipinski definition) is 5. The fourth-order valence-corrected chi connectivity index (χ4v) is 3.44. The van der Waals surface area contributed by atoms with Crippen LogP contribution in [0, 0.1) is 12.7 Å². The normalized spacial score (nSPS) is 11.5. The molecule has 4 rings (SSSR count). The van der Waals surface area contributed by atoms with E-state index in [0.717, 1.165) is 22.0 Å². The highest BCUT2D eigenvalue weighted by Crippen LogP contribution is 2.27. The van der Waals surface area contributed by atoms with Crippen molar-refractivity contribution in [3.05, 3.63) is 95.6 Å². The van der Waals surface area contributed by atoms with Crippen molar-refractivity contribution in [2.24, 2.45) is 5.16 Å². The van der Waals surface area contributed by atoms with E-state index >= 15 is 0 Å². The molecule has 0 aliphatic rings. The van der Waals surface area contributed by atoms with Crippen LogP contribution in [0.25, 0.3) is 10.8 Å². The van der Waals surface area contributed by atoms with Crippen molar-refractivity contribution in [1.29, 1.82) is 0 Å². The fourth-order valence-electron chi connectivity index (χ4n) is 3.44. The highest BCUT2D eigenvalue weighted by Gasteiger charge is 2.16. The van der Waals surface area contributed by atoms with Gasteiger partial charge in [0.05, 0.1) is 19.0 Å². The summed E-state index contributed by atoms with van der Waals surface area (Å²) in [5.74, 6) is 0.175. The average molecular weight is 401 g/mol. The molecule has 4 aromatic rings. The fraction of sp³-hybridized carbons (Fsp3) is 0.0833. The van der Waals surface area contributed by atoms with Crippen LogP contribution in [-0.2, 0) is 0 Å². The van der Waals surface area contributed by atoms with Gasteiger partial charge in [0.15, 0.2) is 0 Å². The number of oxime groups is 1. The van der Waals surface area contributed by atoms with Crippen LogP contribution >= 0.6 is 0 Å². The molecule has 6 heteroatoms. The van der Waals surface area contributed by atoms with Crippen molar-refractivity contribution in [3.63, 3.8) is 0 Å². The molecule has 0 radical (unpaired) electrons. The molecule has 150 valence electrons. The number of hydrogen-bond donors (Lipinski definition) is 2. The molecule has 0 unspecified atom stereocenters. The Labute approximate surface area is 173 Å². The molecule has 0 aliphatic carbocycles. The SMILES string of the molecule is COc1ccc(C(=NO)c2ccc(Nc3cncc4ccccc34)cc2F)c(C)c1. The number of aryl methyl sites for hydroxylation is 1. The molecule has 1 heterocycles. The quantitative estimate of drug-likeness (QED) is 0.257. The van der Waals surface area contributed by atoms with E-state index in [2.05, 4.69) is 15.5 Å². The van der Waals surface area contributed by atoms with E-state index in [-0.39, 0.29) is 11.3 Å². The van der Waals surface area contributed by atoms with Gasteiger partial charge in [-0.05, 0) is 48.9 Å². The maximum atomic E-state index is 15.0. The number of fused-ring (bicyclic) bond motifs is 1. The molecule has 0 atom stereocenters. The van der Waals surface area contributed by atoms with Crippen LogP contribution in [0.3, 0.4) is 0 Å². The predicted octanol–water partition coefficient (Wildman–Crippen LogP) is 5.66. The summed E-state index contributed by atoms with van der Waals surface area (Å²) in [6, 6.07) is 17.8. The number of nitrogens with one attached hydrogen (secondary N) is 1. The lowest BCUT2D eigenvalue weighted by Gasteiger charge is -2.13. The Balaban J connectivity index is 1.67. The molecule has 0 bridgehead atoms. The summed E-state index contributed by atoms with van der Waals surface area (Å²) >= 11 is 0. The van der Waals surface area contributed by atoms with E-state index in [0.29, 0.717) is 17.0 Å². The Bertz CT molecular complexity index is 1250. The van der Waals surface area contributed by atoms with Crippen molar-refractivity contribution in [2.75, 3.05) is 12.4 Å². The summed E-state index contributed by atoms with van der Waals surface area (Å²) in [5.41, 5.74) is 3.14. The van der Waals surface area contributed by atoms with Gasteiger partial charge in [-0.25, -0.2) is 4.39 Å². The number of anilines is 2. The third kappa shape index (κ3) is 3.67. The van der Waals surface area contributed by atoms with Crippen LogP contribution in [0.15, 0.2) is 78.2 Å². The van der Waals surface area contributed by atoms with Crippen LogP contribution in [0.2, 0.25) is 0 Å².